The molecule has 0 aromatic carbocycles. The molecule has 0 spiro atoms. The minimum atomic E-state index is 0. The highest BCUT2D eigenvalue weighted by atomic mass is 14.2. The monoisotopic (exact) mass is 84.1 g/mol. The first-order valence-corrected chi connectivity index (χ1v) is 2.06. The van der Waals surface area contributed by atoms with E-state index in [4.69, 9.17) is 0 Å². The Morgan fingerprint density at radius 2 is 2.00 bits per heavy atom. The first-order valence-electron chi connectivity index (χ1n) is 2.06. The Bertz CT molecular complexity index is 42.0. The maximum absolute atomic E-state index is 3.62. The Balaban J connectivity index is 0.000000250. The zero-order valence-corrected chi connectivity index (χ0v) is 3.28. The van der Waals surface area contributed by atoms with Crippen molar-refractivity contribution in [2.24, 2.45) is 5.92 Å². The molecule has 0 aromatic heterocycles. The average molecular weight is 84.2 g/mol. The van der Waals surface area contributed by atoms with Crippen LogP contribution in [0.5, 0.6) is 0 Å². The summed E-state index contributed by atoms with van der Waals surface area (Å²) in [6.07, 6.45) is 4.81. The summed E-state index contributed by atoms with van der Waals surface area (Å²) in [7, 11) is 0. The second-order valence-electron chi connectivity index (χ2n) is 1.57. The maximum Gasteiger partial charge on any atom is -0.0236 e. The molecule has 0 amide bonds. The molecule has 0 aromatic rings. The fourth-order valence-corrected chi connectivity index (χ4v) is 0.332. The second-order valence-corrected chi connectivity index (χ2v) is 1.57. The molecule has 1 aliphatic carbocycles. The normalized spacial score (nSPS) is 18.7. The smallest absolute Gasteiger partial charge is 0.0236 e. The molecule has 6 heavy (non-hydrogen) atoms. The van der Waals surface area contributed by atoms with Gasteiger partial charge in [-0.15, -0.1) is 6.58 Å². The number of hydrogen-bond acceptors (Lipinski definition) is 0. The lowest BCUT2D eigenvalue weighted by atomic mass is 10.4. The molecule has 1 saturated carbocycles. The van der Waals surface area contributed by atoms with Crippen molar-refractivity contribution in [2.45, 2.75) is 20.3 Å². The molecule has 1 rings (SSSR count). The molecule has 1 fully saturated rings. The van der Waals surface area contributed by atoms with E-state index >= 15 is 0 Å². The lowest BCUT2D eigenvalue weighted by Crippen LogP contribution is -1.50. The van der Waals surface area contributed by atoms with Gasteiger partial charge in [0, 0.05) is 0 Å². The first-order chi connectivity index (χ1) is 2.43. The van der Waals surface area contributed by atoms with Crippen molar-refractivity contribution in [3.63, 3.8) is 0 Å². The van der Waals surface area contributed by atoms with Crippen molar-refractivity contribution in [3.05, 3.63) is 12.7 Å². The molecular weight excluding hydrogens is 72.1 g/mol. The summed E-state index contributed by atoms with van der Waals surface area (Å²) in [5, 5.41) is 0. The molecule has 0 unspecified atom stereocenters. The SMILES string of the molecule is C.C=CC1CC1. The second kappa shape index (κ2) is 2.01. The fraction of sp³-hybridized carbons (Fsp3) is 0.667. The molecule has 36 valence electrons. The summed E-state index contributed by atoms with van der Waals surface area (Å²) >= 11 is 0. The molecule has 0 heteroatoms. The zero-order chi connectivity index (χ0) is 3.70. The molecule has 0 N–H and O–H groups in total. The van der Waals surface area contributed by atoms with Crippen LogP contribution in [0.25, 0.3) is 0 Å². The first kappa shape index (κ1) is 5.74. The lowest BCUT2D eigenvalue weighted by molar-refractivity contribution is 1.13. The fourth-order valence-electron chi connectivity index (χ4n) is 0.332. The predicted molar refractivity (Wildman–Crippen MR) is 29.7 cm³/mol. The minimum Gasteiger partial charge on any atom is -0.103 e. The van der Waals surface area contributed by atoms with E-state index in [0.29, 0.717) is 0 Å². The van der Waals surface area contributed by atoms with E-state index in [0.717, 1.165) is 5.92 Å². The molecule has 0 saturated heterocycles. The van der Waals surface area contributed by atoms with E-state index < -0.39 is 0 Å². The van der Waals surface area contributed by atoms with Crippen molar-refractivity contribution in [1.82, 2.24) is 0 Å². The van der Waals surface area contributed by atoms with Crippen LogP contribution in [0.1, 0.15) is 20.3 Å². The minimum absolute atomic E-state index is 0. The van der Waals surface area contributed by atoms with E-state index in [1.165, 1.54) is 12.8 Å². The molecule has 0 nitrogen and oxygen atoms in total. The van der Waals surface area contributed by atoms with Crippen molar-refractivity contribution in [2.75, 3.05) is 0 Å². The molecule has 0 radical (unpaired) electrons. The van der Waals surface area contributed by atoms with Gasteiger partial charge in [0.25, 0.3) is 0 Å². The van der Waals surface area contributed by atoms with Crippen LogP contribution in [-0.4, -0.2) is 0 Å². The maximum atomic E-state index is 3.62. The summed E-state index contributed by atoms with van der Waals surface area (Å²) in [4.78, 5) is 0. The van der Waals surface area contributed by atoms with Crippen molar-refractivity contribution in [3.8, 4) is 0 Å². The molecule has 0 aliphatic heterocycles. The lowest BCUT2D eigenvalue weighted by Gasteiger charge is -1.63. The highest BCUT2D eigenvalue weighted by molar-refractivity contribution is 4.88. The van der Waals surface area contributed by atoms with Gasteiger partial charge >= 0.3 is 0 Å². The van der Waals surface area contributed by atoms with Crippen LogP contribution in [0.2, 0.25) is 0 Å². The topological polar surface area (TPSA) is 0 Å². The predicted octanol–water partition coefficient (Wildman–Crippen LogP) is 2.22. The van der Waals surface area contributed by atoms with Gasteiger partial charge in [0.05, 0.1) is 0 Å². The Labute approximate surface area is 39.9 Å². The molecular formula is C6H12. The summed E-state index contributed by atoms with van der Waals surface area (Å²) in [6.45, 7) is 3.62. The van der Waals surface area contributed by atoms with Crippen LogP contribution in [0.3, 0.4) is 0 Å². The van der Waals surface area contributed by atoms with Gasteiger partial charge in [-0.25, -0.2) is 0 Å². The molecule has 1 aliphatic rings. The quantitative estimate of drug-likeness (QED) is 0.427. The zero-order valence-electron chi connectivity index (χ0n) is 3.28. The van der Waals surface area contributed by atoms with Gasteiger partial charge in [0.15, 0.2) is 0 Å². The Kier molecular flexibility index (Phi) is 1.93. The Morgan fingerprint density at radius 3 is 2.00 bits per heavy atom. The Hall–Kier alpha value is -0.260. The third-order valence-electron chi connectivity index (χ3n) is 0.955. The highest BCUT2D eigenvalue weighted by Crippen LogP contribution is 2.28. The molecule has 0 atom stereocenters. The summed E-state index contributed by atoms with van der Waals surface area (Å²) in [6, 6.07) is 0. The summed E-state index contributed by atoms with van der Waals surface area (Å²) < 4.78 is 0. The number of hydrogen-bond donors (Lipinski definition) is 0. The van der Waals surface area contributed by atoms with Crippen molar-refractivity contribution in [1.29, 1.82) is 0 Å². The number of allylic oxidation sites excluding steroid dienone is 1. The largest absolute Gasteiger partial charge is 0.103 e. The van der Waals surface area contributed by atoms with Gasteiger partial charge in [-0.1, -0.05) is 13.5 Å². The van der Waals surface area contributed by atoms with E-state index in [-0.39, 0.29) is 7.43 Å². The van der Waals surface area contributed by atoms with Crippen LogP contribution in [0.4, 0.5) is 0 Å². The van der Waals surface area contributed by atoms with Crippen molar-refractivity contribution >= 4 is 0 Å². The third-order valence-corrected chi connectivity index (χ3v) is 0.955. The van der Waals surface area contributed by atoms with E-state index in [1.807, 2.05) is 6.08 Å². The van der Waals surface area contributed by atoms with E-state index in [1.54, 1.807) is 0 Å². The third kappa shape index (κ3) is 1.25. The van der Waals surface area contributed by atoms with E-state index in [2.05, 4.69) is 6.58 Å². The summed E-state index contributed by atoms with van der Waals surface area (Å²) in [5.74, 6) is 0.898. The van der Waals surface area contributed by atoms with Crippen LogP contribution >= 0.6 is 0 Å². The van der Waals surface area contributed by atoms with E-state index in [9.17, 15) is 0 Å². The van der Waals surface area contributed by atoms with Crippen LogP contribution in [0, 0.1) is 5.92 Å². The highest BCUT2D eigenvalue weighted by Gasteiger charge is 2.15. The van der Waals surface area contributed by atoms with Gasteiger partial charge in [-0.3, -0.25) is 0 Å². The molecule has 0 heterocycles. The van der Waals surface area contributed by atoms with Crippen molar-refractivity contribution < 1.29 is 0 Å². The van der Waals surface area contributed by atoms with Gasteiger partial charge in [0.2, 0.25) is 0 Å². The van der Waals surface area contributed by atoms with Gasteiger partial charge < -0.3 is 0 Å². The van der Waals surface area contributed by atoms with Crippen LogP contribution in [0.15, 0.2) is 12.7 Å². The standard InChI is InChI=1S/C5H8.CH4/c1-2-5-3-4-5;/h2,5H,1,3-4H2;1H4. The molecule has 0 bridgehead atoms. The Morgan fingerprint density at radius 1 is 1.50 bits per heavy atom. The van der Waals surface area contributed by atoms with Crippen LogP contribution in [-0.2, 0) is 0 Å². The van der Waals surface area contributed by atoms with Crippen LogP contribution < -0.4 is 0 Å². The average Bonchev–Trinajstić information content (AvgIpc) is 2.12. The summed E-state index contributed by atoms with van der Waals surface area (Å²) in [5.41, 5.74) is 0. The van der Waals surface area contributed by atoms with Gasteiger partial charge in [-0.2, -0.15) is 0 Å². The number of rotatable bonds is 1. The van der Waals surface area contributed by atoms with Gasteiger partial charge in [-0.05, 0) is 18.8 Å². The van der Waals surface area contributed by atoms with Gasteiger partial charge in [0.1, 0.15) is 0 Å².